The largest absolute Gasteiger partial charge is 0.382 e. The van der Waals surface area contributed by atoms with Gasteiger partial charge in [-0.2, -0.15) is 0 Å². The van der Waals surface area contributed by atoms with Crippen LogP contribution in [0, 0.1) is 0 Å². The SMILES string of the molecule is COCCOCCOCCOCCOCCOCCOCC(=O)N1CCN(CCCN2c3ccccc3Sc3ccc(Cl)cc32)CC1. The molecule has 0 radical (unpaired) electrons. The van der Waals surface area contributed by atoms with Gasteiger partial charge in [-0.15, -0.1) is 0 Å². The molecule has 2 aliphatic rings. The molecule has 2 heterocycles. The van der Waals surface area contributed by atoms with E-state index >= 15 is 0 Å². The number of benzene rings is 2. The highest BCUT2D eigenvalue weighted by Crippen LogP contribution is 2.48. The van der Waals surface area contributed by atoms with Gasteiger partial charge in [0.25, 0.3) is 0 Å². The van der Waals surface area contributed by atoms with Crippen LogP contribution in [0.4, 0.5) is 11.4 Å². The van der Waals surface area contributed by atoms with Crippen molar-refractivity contribution >= 4 is 40.6 Å². The van der Waals surface area contributed by atoms with Gasteiger partial charge < -0.3 is 43.0 Å². The third-order valence-electron chi connectivity index (χ3n) is 7.69. The van der Waals surface area contributed by atoms with Crippen LogP contribution in [0.25, 0.3) is 0 Å². The van der Waals surface area contributed by atoms with E-state index in [2.05, 4.69) is 46.2 Å². The summed E-state index contributed by atoms with van der Waals surface area (Å²) in [6.07, 6.45) is 1.02. The van der Waals surface area contributed by atoms with E-state index in [0.717, 1.165) is 50.7 Å². The first-order valence-electron chi connectivity index (χ1n) is 16.4. The van der Waals surface area contributed by atoms with Crippen molar-refractivity contribution < 1.29 is 38.0 Å². The highest BCUT2D eigenvalue weighted by Gasteiger charge is 2.24. The number of halogens is 1. The predicted octanol–water partition coefficient (Wildman–Crippen LogP) is 4.22. The molecule has 0 spiro atoms. The molecule has 0 atom stereocenters. The van der Waals surface area contributed by atoms with Gasteiger partial charge in [-0.1, -0.05) is 35.5 Å². The molecule has 47 heavy (non-hydrogen) atoms. The summed E-state index contributed by atoms with van der Waals surface area (Å²) in [6.45, 7) is 11.2. The Hall–Kier alpha value is -1.97. The van der Waals surface area contributed by atoms with Crippen LogP contribution in [-0.2, 0) is 38.0 Å². The van der Waals surface area contributed by atoms with Crippen LogP contribution < -0.4 is 4.90 Å². The predicted molar refractivity (Wildman–Crippen MR) is 183 cm³/mol. The molecule has 2 aromatic carbocycles. The van der Waals surface area contributed by atoms with E-state index < -0.39 is 0 Å². The molecule has 1 saturated heterocycles. The van der Waals surface area contributed by atoms with Crippen molar-refractivity contribution in [3.05, 3.63) is 47.5 Å². The van der Waals surface area contributed by atoms with Gasteiger partial charge in [0.1, 0.15) is 6.61 Å². The molecule has 0 unspecified atom stereocenters. The number of carbonyl (C=O) groups is 1. The Labute approximate surface area is 288 Å². The molecule has 1 amide bonds. The molecule has 0 N–H and O–H groups in total. The molecule has 2 aliphatic heterocycles. The first kappa shape index (κ1) is 37.8. The van der Waals surface area contributed by atoms with Gasteiger partial charge in [0, 0.05) is 54.6 Å². The first-order valence-corrected chi connectivity index (χ1v) is 17.6. The molecule has 4 rings (SSSR count). The van der Waals surface area contributed by atoms with E-state index in [1.165, 1.54) is 21.2 Å². The van der Waals surface area contributed by atoms with Crippen molar-refractivity contribution in [2.45, 2.75) is 16.2 Å². The van der Waals surface area contributed by atoms with Crippen LogP contribution >= 0.6 is 23.4 Å². The van der Waals surface area contributed by atoms with E-state index in [4.69, 9.17) is 44.8 Å². The number of carbonyl (C=O) groups excluding carboxylic acids is 1. The second-order valence-electron chi connectivity index (χ2n) is 11.0. The molecule has 0 bridgehead atoms. The Balaban J connectivity index is 0.959. The van der Waals surface area contributed by atoms with Gasteiger partial charge in [-0.05, 0) is 43.3 Å². The summed E-state index contributed by atoms with van der Waals surface area (Å²) in [6, 6.07) is 14.7. The third-order valence-corrected chi connectivity index (χ3v) is 9.05. The smallest absolute Gasteiger partial charge is 0.248 e. The van der Waals surface area contributed by atoms with Crippen LogP contribution in [0.5, 0.6) is 0 Å². The lowest BCUT2D eigenvalue weighted by Gasteiger charge is -2.36. The molecule has 2 aromatic rings. The molecule has 0 saturated carbocycles. The number of anilines is 2. The zero-order valence-corrected chi connectivity index (χ0v) is 29.1. The van der Waals surface area contributed by atoms with Crippen molar-refractivity contribution in [1.29, 1.82) is 0 Å². The number of nitrogens with zero attached hydrogens (tertiary/aromatic N) is 3. The molecule has 13 heteroatoms. The summed E-state index contributed by atoms with van der Waals surface area (Å²) in [5.41, 5.74) is 2.41. The van der Waals surface area contributed by atoms with Gasteiger partial charge in [0.15, 0.2) is 0 Å². The second-order valence-corrected chi connectivity index (χ2v) is 12.5. The number of methoxy groups -OCH3 is 1. The minimum Gasteiger partial charge on any atom is -0.382 e. The lowest BCUT2D eigenvalue weighted by molar-refractivity contribution is -0.138. The zero-order chi connectivity index (χ0) is 32.9. The fraction of sp³-hybridized carbons (Fsp3) is 0.618. The Morgan fingerprint density at radius 2 is 1.23 bits per heavy atom. The van der Waals surface area contributed by atoms with E-state index in [1.807, 2.05) is 11.0 Å². The van der Waals surface area contributed by atoms with Crippen molar-refractivity contribution in [3.63, 3.8) is 0 Å². The maximum absolute atomic E-state index is 12.6. The molecule has 0 aromatic heterocycles. The van der Waals surface area contributed by atoms with E-state index in [9.17, 15) is 4.79 Å². The number of piperazine rings is 1. The highest BCUT2D eigenvalue weighted by molar-refractivity contribution is 7.99. The Morgan fingerprint density at radius 3 is 1.85 bits per heavy atom. The van der Waals surface area contributed by atoms with E-state index in [1.54, 1.807) is 18.9 Å². The summed E-state index contributed by atoms with van der Waals surface area (Å²) in [4.78, 5) is 21.9. The van der Waals surface area contributed by atoms with Gasteiger partial charge in [0.05, 0.1) is 90.7 Å². The van der Waals surface area contributed by atoms with Crippen molar-refractivity contribution in [1.82, 2.24) is 9.80 Å². The number of rotatable bonds is 24. The number of amides is 1. The lowest BCUT2D eigenvalue weighted by Crippen LogP contribution is -2.50. The Morgan fingerprint density at radius 1 is 0.681 bits per heavy atom. The number of hydrogen-bond donors (Lipinski definition) is 0. The number of fused-ring (bicyclic) bond motifs is 2. The summed E-state index contributed by atoms with van der Waals surface area (Å²) < 4.78 is 37.7. The Kier molecular flexibility index (Phi) is 18.2. The zero-order valence-electron chi connectivity index (χ0n) is 27.6. The van der Waals surface area contributed by atoms with Crippen molar-refractivity contribution in [2.24, 2.45) is 0 Å². The number of hydrogen-bond acceptors (Lipinski definition) is 11. The quantitative estimate of drug-likeness (QED) is 0.148. The normalized spacial score (nSPS) is 14.8. The number of para-hydroxylation sites is 1. The third kappa shape index (κ3) is 13.8. The topological polar surface area (TPSA) is 91.4 Å². The highest BCUT2D eigenvalue weighted by atomic mass is 35.5. The minimum atomic E-state index is 0.0321. The van der Waals surface area contributed by atoms with Crippen LogP contribution in [-0.4, -0.2) is 148 Å². The minimum absolute atomic E-state index is 0.0321. The lowest BCUT2D eigenvalue weighted by atomic mass is 10.2. The average Bonchev–Trinajstić information content (AvgIpc) is 3.09. The van der Waals surface area contributed by atoms with E-state index in [0.29, 0.717) is 79.3 Å². The van der Waals surface area contributed by atoms with Gasteiger partial charge in [0.2, 0.25) is 5.91 Å². The standard InChI is InChI=1S/C34H50ClN3O8S/c1-40-15-16-41-17-18-42-19-20-43-21-22-44-23-24-45-25-26-46-28-34(39)37-13-11-36(12-14-37)9-4-10-38-30-5-2-3-6-32(30)47-33-8-7-29(35)27-31(33)38/h2-3,5-8,27H,4,9-26,28H2,1H3. The van der Waals surface area contributed by atoms with Gasteiger partial charge >= 0.3 is 0 Å². The molecular weight excluding hydrogens is 646 g/mol. The molecular formula is C34H50ClN3O8S. The molecule has 1 fully saturated rings. The van der Waals surface area contributed by atoms with Crippen molar-refractivity contribution in [2.75, 3.05) is 137 Å². The average molecular weight is 696 g/mol. The molecule has 0 aliphatic carbocycles. The van der Waals surface area contributed by atoms with E-state index in [-0.39, 0.29) is 12.5 Å². The summed E-state index contributed by atoms with van der Waals surface area (Å²) >= 11 is 8.16. The van der Waals surface area contributed by atoms with Crippen LogP contribution in [0.1, 0.15) is 6.42 Å². The van der Waals surface area contributed by atoms with Gasteiger partial charge in [-0.3, -0.25) is 9.69 Å². The number of ether oxygens (including phenoxy) is 7. The van der Waals surface area contributed by atoms with Gasteiger partial charge in [-0.25, -0.2) is 0 Å². The van der Waals surface area contributed by atoms with Crippen LogP contribution in [0.2, 0.25) is 5.02 Å². The second kappa shape index (κ2) is 22.6. The molecule has 11 nitrogen and oxygen atoms in total. The van der Waals surface area contributed by atoms with Crippen molar-refractivity contribution in [3.8, 4) is 0 Å². The summed E-state index contributed by atoms with van der Waals surface area (Å²) in [5.74, 6) is 0.0321. The maximum Gasteiger partial charge on any atom is 0.248 e. The fourth-order valence-corrected chi connectivity index (χ4v) is 6.45. The summed E-state index contributed by atoms with van der Waals surface area (Å²) in [5, 5.41) is 0.754. The summed E-state index contributed by atoms with van der Waals surface area (Å²) in [7, 11) is 1.65. The molecule has 262 valence electrons. The Bertz CT molecular complexity index is 1170. The fourth-order valence-electron chi connectivity index (χ4n) is 5.21. The van der Waals surface area contributed by atoms with Crippen LogP contribution in [0.3, 0.4) is 0 Å². The monoisotopic (exact) mass is 695 g/mol. The van der Waals surface area contributed by atoms with Crippen LogP contribution in [0.15, 0.2) is 52.3 Å². The maximum atomic E-state index is 12.6. The first-order chi connectivity index (χ1) is 23.2.